The van der Waals surface area contributed by atoms with Crippen molar-refractivity contribution in [2.24, 2.45) is 0 Å². The van der Waals surface area contributed by atoms with Gasteiger partial charge in [-0.3, -0.25) is 9.59 Å². The van der Waals surface area contributed by atoms with Crippen LogP contribution >= 0.6 is 15.9 Å². The number of rotatable bonds is 6. The number of hydrogen-bond donors (Lipinski definition) is 1. The lowest BCUT2D eigenvalue weighted by Crippen LogP contribution is -2.42. The van der Waals surface area contributed by atoms with Gasteiger partial charge < -0.3 is 19.7 Å². The topological polar surface area (TPSA) is 67.9 Å². The highest BCUT2D eigenvalue weighted by Crippen LogP contribution is 2.33. The van der Waals surface area contributed by atoms with Gasteiger partial charge in [-0.1, -0.05) is 28.1 Å². The summed E-state index contributed by atoms with van der Waals surface area (Å²) in [5, 5.41) is 2.85. The Morgan fingerprint density at radius 2 is 2.04 bits per heavy atom. The van der Waals surface area contributed by atoms with Crippen molar-refractivity contribution in [2.75, 3.05) is 18.6 Å². The molecule has 0 radical (unpaired) electrons. The average molecular weight is 447 g/mol. The first-order valence-corrected chi connectivity index (χ1v) is 9.92. The lowest BCUT2D eigenvalue weighted by Gasteiger charge is -2.33. The maximum atomic E-state index is 12.7. The fourth-order valence-electron chi connectivity index (χ4n) is 3.15. The number of ether oxygens (including phenoxy) is 2. The van der Waals surface area contributed by atoms with Crippen LogP contribution in [0.25, 0.3) is 0 Å². The fraction of sp³-hybridized carbons (Fsp3) is 0.333. The molecule has 28 heavy (non-hydrogen) atoms. The predicted octanol–water partition coefficient (Wildman–Crippen LogP) is 3.67. The van der Waals surface area contributed by atoms with Gasteiger partial charge in [0.25, 0.3) is 0 Å². The van der Waals surface area contributed by atoms with E-state index in [1.54, 1.807) is 12.0 Å². The first-order valence-electron chi connectivity index (χ1n) is 9.13. The Morgan fingerprint density at radius 3 is 2.82 bits per heavy atom. The van der Waals surface area contributed by atoms with Gasteiger partial charge in [0.15, 0.2) is 0 Å². The monoisotopic (exact) mass is 446 g/mol. The molecule has 1 heterocycles. The minimum atomic E-state index is -0.176. The summed E-state index contributed by atoms with van der Waals surface area (Å²) in [6.45, 7) is 2.74. The maximum absolute atomic E-state index is 12.7. The van der Waals surface area contributed by atoms with Crippen molar-refractivity contribution in [3.05, 3.63) is 52.5 Å². The molecule has 0 saturated heterocycles. The normalized spacial score (nSPS) is 15.4. The molecular formula is C21H23BrN2O4. The third-order valence-electron chi connectivity index (χ3n) is 4.51. The molecule has 0 bridgehead atoms. The lowest BCUT2D eigenvalue weighted by molar-refractivity contribution is -0.125. The van der Waals surface area contributed by atoms with Gasteiger partial charge in [0.1, 0.15) is 17.6 Å². The molecule has 3 rings (SSSR count). The second-order valence-corrected chi connectivity index (χ2v) is 7.55. The van der Waals surface area contributed by atoms with Crippen LogP contribution in [0.4, 0.5) is 5.69 Å². The summed E-state index contributed by atoms with van der Waals surface area (Å²) >= 11 is 3.42. The number of nitrogens with one attached hydrogen (secondary N) is 1. The zero-order valence-electron chi connectivity index (χ0n) is 15.9. The van der Waals surface area contributed by atoms with Crippen LogP contribution in [0.2, 0.25) is 0 Å². The molecule has 1 aliphatic rings. The summed E-state index contributed by atoms with van der Waals surface area (Å²) in [6.07, 6.45) is 0.183. The summed E-state index contributed by atoms with van der Waals surface area (Å²) in [5.41, 5.74) is 1.62. The van der Waals surface area contributed by atoms with Crippen molar-refractivity contribution in [1.82, 2.24) is 5.32 Å². The highest BCUT2D eigenvalue weighted by molar-refractivity contribution is 9.10. The minimum absolute atomic E-state index is 0.0854. The molecule has 1 atom stereocenters. The summed E-state index contributed by atoms with van der Waals surface area (Å²) in [5.74, 6) is 1.14. The number of anilines is 1. The molecule has 0 saturated carbocycles. The van der Waals surface area contributed by atoms with Gasteiger partial charge >= 0.3 is 0 Å². The fourth-order valence-corrected chi connectivity index (χ4v) is 3.56. The first kappa shape index (κ1) is 20.2. The smallest absolute Gasteiger partial charge is 0.227 e. The van der Waals surface area contributed by atoms with Crippen molar-refractivity contribution in [2.45, 2.75) is 32.4 Å². The van der Waals surface area contributed by atoms with Crippen molar-refractivity contribution < 1.29 is 19.1 Å². The Hall–Kier alpha value is -2.54. The van der Waals surface area contributed by atoms with Crippen molar-refractivity contribution >= 4 is 33.4 Å². The molecule has 0 fully saturated rings. The van der Waals surface area contributed by atoms with E-state index in [4.69, 9.17) is 9.47 Å². The largest absolute Gasteiger partial charge is 0.496 e. The van der Waals surface area contributed by atoms with Crippen LogP contribution < -0.4 is 19.7 Å². The first-order chi connectivity index (χ1) is 13.5. The molecule has 2 amide bonds. The zero-order valence-corrected chi connectivity index (χ0v) is 17.5. The molecule has 1 unspecified atom stereocenters. The van der Waals surface area contributed by atoms with Gasteiger partial charge in [-0.05, 0) is 37.3 Å². The molecule has 1 N–H and O–H groups in total. The number of fused-ring (bicyclic) bond motifs is 1. The van der Waals surface area contributed by atoms with E-state index in [2.05, 4.69) is 21.2 Å². The Bertz CT molecular complexity index is 871. The number of methoxy groups -OCH3 is 1. The van der Waals surface area contributed by atoms with E-state index < -0.39 is 0 Å². The van der Waals surface area contributed by atoms with Crippen LogP contribution in [0.5, 0.6) is 11.5 Å². The zero-order chi connectivity index (χ0) is 20.1. The maximum Gasteiger partial charge on any atom is 0.227 e. The molecular weight excluding hydrogens is 424 g/mol. The van der Waals surface area contributed by atoms with Crippen molar-refractivity contribution in [3.8, 4) is 11.5 Å². The Kier molecular flexibility index (Phi) is 6.57. The van der Waals surface area contributed by atoms with E-state index >= 15 is 0 Å². The Balaban J connectivity index is 1.55. The average Bonchev–Trinajstić information content (AvgIpc) is 2.69. The Morgan fingerprint density at radius 1 is 1.25 bits per heavy atom. The van der Waals surface area contributed by atoms with Gasteiger partial charge in [0.2, 0.25) is 11.8 Å². The van der Waals surface area contributed by atoms with Crippen molar-refractivity contribution in [1.29, 1.82) is 0 Å². The molecule has 2 aromatic carbocycles. The van der Waals surface area contributed by atoms with Crippen LogP contribution in [0.3, 0.4) is 0 Å². The van der Waals surface area contributed by atoms with E-state index in [0.717, 1.165) is 15.7 Å². The number of amides is 2. The van der Waals surface area contributed by atoms with Crippen LogP contribution in [0.15, 0.2) is 46.9 Å². The van der Waals surface area contributed by atoms with E-state index in [-0.39, 0.29) is 30.8 Å². The van der Waals surface area contributed by atoms with Gasteiger partial charge in [-0.2, -0.15) is 0 Å². The number of carbonyl (C=O) groups is 2. The van der Waals surface area contributed by atoms with Gasteiger partial charge in [0.05, 0.1) is 19.3 Å². The Labute approximate surface area is 172 Å². The number of halogens is 1. The summed E-state index contributed by atoms with van der Waals surface area (Å²) in [6, 6.07) is 13.1. The van der Waals surface area contributed by atoms with Gasteiger partial charge in [-0.15, -0.1) is 0 Å². The van der Waals surface area contributed by atoms with E-state index in [1.807, 2.05) is 49.4 Å². The third-order valence-corrected chi connectivity index (χ3v) is 5.00. The second-order valence-electron chi connectivity index (χ2n) is 6.63. The van der Waals surface area contributed by atoms with Crippen LogP contribution in [-0.2, 0) is 16.1 Å². The van der Waals surface area contributed by atoms with E-state index in [0.29, 0.717) is 24.6 Å². The van der Waals surface area contributed by atoms with Gasteiger partial charge in [-0.25, -0.2) is 0 Å². The molecule has 1 aliphatic heterocycles. The standard InChI is InChI=1S/C21H23BrN2O4/c1-14-13-24(17-5-3-4-6-19(17)28-14)21(26)10-9-20(25)23-12-15-11-16(22)7-8-18(15)27-2/h3-8,11,14H,9-10,12-13H2,1-2H3,(H,23,25). The lowest BCUT2D eigenvalue weighted by atomic mass is 10.1. The number of benzene rings is 2. The number of carbonyl (C=O) groups excluding carboxylic acids is 2. The van der Waals surface area contributed by atoms with E-state index in [1.165, 1.54) is 0 Å². The summed E-state index contributed by atoms with van der Waals surface area (Å²) < 4.78 is 12.0. The van der Waals surface area contributed by atoms with Crippen LogP contribution in [-0.4, -0.2) is 31.6 Å². The SMILES string of the molecule is COc1ccc(Br)cc1CNC(=O)CCC(=O)N1CC(C)Oc2ccccc21. The molecule has 6 nitrogen and oxygen atoms in total. The quantitative estimate of drug-likeness (QED) is 0.734. The number of para-hydroxylation sites is 2. The van der Waals surface area contributed by atoms with Crippen molar-refractivity contribution in [3.63, 3.8) is 0 Å². The summed E-state index contributed by atoms with van der Waals surface area (Å²) in [4.78, 5) is 26.6. The molecule has 0 aromatic heterocycles. The summed E-state index contributed by atoms with van der Waals surface area (Å²) in [7, 11) is 1.59. The minimum Gasteiger partial charge on any atom is -0.496 e. The van der Waals surface area contributed by atoms with E-state index in [9.17, 15) is 9.59 Å². The highest BCUT2D eigenvalue weighted by atomic mass is 79.9. The van der Waals surface area contributed by atoms with Crippen LogP contribution in [0, 0.1) is 0 Å². The number of nitrogens with zero attached hydrogens (tertiary/aromatic N) is 1. The number of hydrogen-bond acceptors (Lipinski definition) is 4. The third kappa shape index (κ3) is 4.84. The molecule has 2 aromatic rings. The molecule has 0 spiro atoms. The molecule has 0 aliphatic carbocycles. The van der Waals surface area contributed by atoms with Crippen LogP contribution in [0.1, 0.15) is 25.3 Å². The molecule has 148 valence electrons. The second kappa shape index (κ2) is 9.10. The molecule has 7 heteroatoms. The van der Waals surface area contributed by atoms with Gasteiger partial charge in [0, 0.05) is 29.4 Å². The highest BCUT2D eigenvalue weighted by Gasteiger charge is 2.27. The predicted molar refractivity (Wildman–Crippen MR) is 111 cm³/mol.